The van der Waals surface area contributed by atoms with Crippen LogP contribution in [0.15, 0.2) is 61.2 Å². The molecule has 4 rings (SSSR count). The van der Waals surface area contributed by atoms with Gasteiger partial charge in [-0.05, 0) is 30.7 Å². The fourth-order valence-corrected chi connectivity index (χ4v) is 3.93. The van der Waals surface area contributed by atoms with Gasteiger partial charge < -0.3 is 20.9 Å². The highest BCUT2D eigenvalue weighted by Gasteiger charge is 2.18. The van der Waals surface area contributed by atoms with Gasteiger partial charge in [-0.15, -0.1) is 0 Å². The molecule has 0 aliphatic carbocycles. The lowest BCUT2D eigenvalue weighted by Gasteiger charge is -2.08. The third kappa shape index (κ3) is 5.39. The molecule has 0 radical (unpaired) electrons. The molecule has 1 aromatic carbocycles. The van der Waals surface area contributed by atoms with Crippen LogP contribution >= 0.6 is 22.9 Å². The average Bonchev–Trinajstić information content (AvgIpc) is 3.42. The Morgan fingerprint density at radius 1 is 1.13 bits per heavy atom. The van der Waals surface area contributed by atoms with Crippen molar-refractivity contribution >= 4 is 45.6 Å². The number of nitrogens with one attached hydrogen (secondary N) is 2. The van der Waals surface area contributed by atoms with Crippen molar-refractivity contribution in [3.8, 4) is 11.3 Å². The van der Waals surface area contributed by atoms with Crippen molar-refractivity contribution in [2.24, 2.45) is 5.73 Å². The van der Waals surface area contributed by atoms with Gasteiger partial charge in [0.1, 0.15) is 16.5 Å². The number of pyridine rings is 1. The van der Waals surface area contributed by atoms with Crippen LogP contribution in [0.3, 0.4) is 0 Å². The molecular weight excluding hydrogens is 434 g/mol. The van der Waals surface area contributed by atoms with E-state index in [4.69, 9.17) is 17.3 Å². The summed E-state index contributed by atoms with van der Waals surface area (Å²) in [6.45, 7) is 1.66. The van der Waals surface area contributed by atoms with E-state index in [1.165, 1.54) is 11.3 Å². The Labute approximate surface area is 188 Å². The first-order valence-corrected chi connectivity index (χ1v) is 10.8. The molecule has 1 amide bonds. The second kappa shape index (κ2) is 9.59. The summed E-state index contributed by atoms with van der Waals surface area (Å²) in [5.41, 5.74) is 6.85. The first kappa shape index (κ1) is 20.8. The van der Waals surface area contributed by atoms with E-state index in [1.807, 2.05) is 29.0 Å². The molecule has 10 heteroatoms. The molecule has 0 saturated carbocycles. The summed E-state index contributed by atoms with van der Waals surface area (Å²) in [6.07, 6.45) is 6.45. The minimum absolute atomic E-state index is 0.374. The summed E-state index contributed by atoms with van der Waals surface area (Å²) < 4.78 is 2.03. The van der Waals surface area contributed by atoms with Gasteiger partial charge >= 0.3 is 0 Å². The number of nitrogens with two attached hydrogens (primary N) is 1. The van der Waals surface area contributed by atoms with Crippen LogP contribution in [0.2, 0.25) is 5.02 Å². The molecule has 0 spiro atoms. The molecule has 0 fully saturated rings. The van der Waals surface area contributed by atoms with Gasteiger partial charge in [0.2, 0.25) is 0 Å². The number of carbonyl (C=O) groups excluding carboxylic acids is 1. The van der Waals surface area contributed by atoms with Crippen LogP contribution in [0, 0.1) is 0 Å². The molecule has 0 unspecified atom stereocenters. The summed E-state index contributed by atoms with van der Waals surface area (Å²) in [5.74, 6) is 0.837. The first-order chi connectivity index (χ1) is 15.1. The molecule has 0 saturated heterocycles. The monoisotopic (exact) mass is 453 g/mol. The van der Waals surface area contributed by atoms with Crippen LogP contribution in [0.1, 0.15) is 16.1 Å². The minimum Gasteiger partial charge on any atom is -0.370 e. The number of thiazole rings is 1. The van der Waals surface area contributed by atoms with Crippen LogP contribution in [-0.4, -0.2) is 32.0 Å². The average molecular weight is 454 g/mol. The largest absolute Gasteiger partial charge is 0.370 e. The van der Waals surface area contributed by atoms with Gasteiger partial charge in [0, 0.05) is 36.1 Å². The van der Waals surface area contributed by atoms with E-state index in [0.29, 0.717) is 26.5 Å². The van der Waals surface area contributed by atoms with Gasteiger partial charge in [0.25, 0.3) is 5.91 Å². The van der Waals surface area contributed by atoms with Crippen molar-refractivity contribution in [3.05, 3.63) is 71.1 Å². The maximum atomic E-state index is 11.9. The second-order valence-electron chi connectivity index (χ2n) is 6.68. The van der Waals surface area contributed by atoms with E-state index < -0.39 is 5.91 Å². The van der Waals surface area contributed by atoms with Crippen molar-refractivity contribution in [1.29, 1.82) is 0 Å². The molecule has 158 valence electrons. The minimum atomic E-state index is -0.531. The summed E-state index contributed by atoms with van der Waals surface area (Å²) >= 11 is 7.15. The van der Waals surface area contributed by atoms with E-state index in [2.05, 4.69) is 25.6 Å². The summed E-state index contributed by atoms with van der Waals surface area (Å²) in [5, 5.41) is 7.61. The summed E-state index contributed by atoms with van der Waals surface area (Å²) in [4.78, 5) is 25.4. The Morgan fingerprint density at radius 2 is 1.94 bits per heavy atom. The zero-order valence-corrected chi connectivity index (χ0v) is 18.0. The molecule has 3 aromatic heterocycles. The lowest BCUT2D eigenvalue weighted by Crippen LogP contribution is -2.10. The van der Waals surface area contributed by atoms with Crippen LogP contribution in [0.25, 0.3) is 11.3 Å². The molecule has 0 atom stereocenters. The fraction of sp³-hybridized carbons (Fsp3) is 0.143. The highest BCUT2D eigenvalue weighted by molar-refractivity contribution is 7.18. The van der Waals surface area contributed by atoms with Crippen LogP contribution in [0.5, 0.6) is 0 Å². The maximum absolute atomic E-state index is 11.9. The number of rotatable bonds is 9. The molecule has 8 nitrogen and oxygen atoms in total. The predicted octanol–water partition coefficient (Wildman–Crippen LogP) is 4.40. The van der Waals surface area contributed by atoms with E-state index >= 15 is 0 Å². The van der Waals surface area contributed by atoms with Crippen molar-refractivity contribution < 1.29 is 4.79 Å². The Kier molecular flexibility index (Phi) is 6.44. The van der Waals surface area contributed by atoms with E-state index in [0.717, 1.165) is 30.9 Å². The number of imidazole rings is 1. The van der Waals surface area contributed by atoms with Crippen LogP contribution in [0.4, 0.5) is 16.8 Å². The van der Waals surface area contributed by atoms with Gasteiger partial charge in [-0.1, -0.05) is 41.1 Å². The molecule has 0 aliphatic heterocycles. The highest BCUT2D eigenvalue weighted by Crippen LogP contribution is 2.32. The molecule has 31 heavy (non-hydrogen) atoms. The summed E-state index contributed by atoms with van der Waals surface area (Å²) in [7, 11) is 0. The van der Waals surface area contributed by atoms with E-state index in [1.54, 1.807) is 36.8 Å². The first-order valence-electron chi connectivity index (χ1n) is 9.59. The number of aromatic nitrogens is 4. The van der Waals surface area contributed by atoms with Crippen molar-refractivity contribution in [2.75, 3.05) is 17.2 Å². The maximum Gasteiger partial charge on any atom is 0.261 e. The van der Waals surface area contributed by atoms with Crippen molar-refractivity contribution in [1.82, 2.24) is 19.5 Å². The number of aryl methyl sites for hydroxylation is 1. The fourth-order valence-electron chi connectivity index (χ4n) is 2.95. The topological polar surface area (TPSA) is 111 Å². The summed E-state index contributed by atoms with van der Waals surface area (Å²) in [6, 6.07) is 12.7. The number of halogens is 1. The van der Waals surface area contributed by atoms with Crippen molar-refractivity contribution in [3.63, 3.8) is 0 Å². The molecule has 3 heterocycles. The number of benzene rings is 1. The van der Waals surface area contributed by atoms with Gasteiger partial charge in [-0.3, -0.25) is 4.79 Å². The number of hydrogen-bond acceptors (Lipinski definition) is 7. The molecule has 0 aliphatic rings. The number of amides is 1. The lowest BCUT2D eigenvalue weighted by atomic mass is 10.1. The number of carbonyl (C=O) groups is 1. The standard InChI is InChI=1S/C21H20ClN7OS/c22-15-7-5-14(6-8-15)18-19(20(23)30)31-21(28-18)27-17-4-1-3-16(26-17)25-9-2-11-29-12-10-24-13-29/h1,3-8,10,12-13H,2,9,11H2,(H2,23,30)(H2,25,26,27,28). The third-order valence-electron chi connectivity index (χ3n) is 4.41. The Morgan fingerprint density at radius 3 is 2.68 bits per heavy atom. The Bertz CT molecular complexity index is 1160. The molecule has 4 N–H and O–H groups in total. The van der Waals surface area contributed by atoms with Gasteiger partial charge in [0.05, 0.1) is 12.0 Å². The van der Waals surface area contributed by atoms with Gasteiger partial charge in [0.15, 0.2) is 5.13 Å². The highest BCUT2D eigenvalue weighted by atomic mass is 35.5. The number of anilines is 3. The quantitative estimate of drug-likeness (QED) is 0.324. The Hall–Kier alpha value is -3.43. The predicted molar refractivity (Wildman–Crippen MR) is 124 cm³/mol. The van der Waals surface area contributed by atoms with Crippen molar-refractivity contribution in [2.45, 2.75) is 13.0 Å². The zero-order valence-electron chi connectivity index (χ0n) is 16.5. The SMILES string of the molecule is NC(=O)c1sc(Nc2cccc(NCCCn3ccnc3)n2)nc1-c1ccc(Cl)cc1. The zero-order chi connectivity index (χ0) is 21.6. The van der Waals surface area contributed by atoms with E-state index in [-0.39, 0.29) is 0 Å². The molecule has 0 bridgehead atoms. The number of hydrogen-bond donors (Lipinski definition) is 3. The molecular formula is C21H20ClN7OS. The second-order valence-corrected chi connectivity index (χ2v) is 8.12. The third-order valence-corrected chi connectivity index (χ3v) is 5.65. The Balaban J connectivity index is 1.44. The van der Waals surface area contributed by atoms with E-state index in [9.17, 15) is 4.79 Å². The van der Waals surface area contributed by atoms with Gasteiger partial charge in [-0.2, -0.15) is 0 Å². The normalized spacial score (nSPS) is 10.7. The smallest absolute Gasteiger partial charge is 0.261 e. The lowest BCUT2D eigenvalue weighted by molar-refractivity contribution is 0.100. The molecule has 4 aromatic rings. The number of nitrogens with zero attached hydrogens (tertiary/aromatic N) is 4. The van der Waals surface area contributed by atoms with Crippen LogP contribution < -0.4 is 16.4 Å². The van der Waals surface area contributed by atoms with Crippen LogP contribution in [-0.2, 0) is 6.54 Å². The number of primary amides is 1. The van der Waals surface area contributed by atoms with Gasteiger partial charge in [-0.25, -0.2) is 15.0 Å².